The normalized spacial score (nSPS) is 21.3. The summed E-state index contributed by atoms with van der Waals surface area (Å²) in [4.78, 5) is 26.5. The Morgan fingerprint density at radius 2 is 1.88 bits per heavy atom. The van der Waals surface area contributed by atoms with Crippen molar-refractivity contribution in [2.75, 3.05) is 26.2 Å². The highest BCUT2D eigenvalue weighted by molar-refractivity contribution is 5.80. The van der Waals surface area contributed by atoms with Gasteiger partial charge in [-0.3, -0.25) is 9.59 Å². The SMILES string of the molecule is O=C(NCC1CCCO1)C1CCN(C(=O)CCc2ccccc2)CC1. The molecule has 0 saturated carbocycles. The van der Waals surface area contributed by atoms with Crippen LogP contribution in [0.1, 0.15) is 37.7 Å². The number of carbonyl (C=O) groups excluding carboxylic acids is 2. The molecule has 1 aromatic carbocycles. The molecule has 1 unspecified atom stereocenters. The molecule has 3 rings (SSSR count). The van der Waals surface area contributed by atoms with Crippen LogP contribution in [0.5, 0.6) is 0 Å². The van der Waals surface area contributed by atoms with Crippen molar-refractivity contribution in [3.8, 4) is 0 Å². The molecule has 2 saturated heterocycles. The molecule has 1 atom stereocenters. The second-order valence-corrected chi connectivity index (χ2v) is 7.02. The molecule has 2 fully saturated rings. The lowest BCUT2D eigenvalue weighted by Crippen LogP contribution is -2.44. The Morgan fingerprint density at radius 3 is 2.56 bits per heavy atom. The molecule has 2 amide bonds. The Kier molecular flexibility index (Phi) is 6.45. The maximum Gasteiger partial charge on any atom is 0.223 e. The molecule has 0 radical (unpaired) electrons. The van der Waals surface area contributed by atoms with E-state index in [0.717, 1.165) is 38.7 Å². The van der Waals surface area contributed by atoms with Crippen molar-refractivity contribution >= 4 is 11.8 Å². The summed E-state index contributed by atoms with van der Waals surface area (Å²) < 4.78 is 5.53. The van der Waals surface area contributed by atoms with Crippen molar-refractivity contribution in [3.63, 3.8) is 0 Å². The summed E-state index contributed by atoms with van der Waals surface area (Å²) in [6.45, 7) is 2.80. The van der Waals surface area contributed by atoms with Crippen molar-refractivity contribution in [2.45, 2.75) is 44.6 Å². The predicted molar refractivity (Wildman–Crippen MR) is 96.1 cm³/mol. The quantitative estimate of drug-likeness (QED) is 0.860. The summed E-state index contributed by atoms with van der Waals surface area (Å²) in [7, 11) is 0. The standard InChI is InChI=1S/C20H28N2O3/c23-19(9-8-16-5-2-1-3-6-16)22-12-10-17(11-13-22)20(24)21-15-18-7-4-14-25-18/h1-3,5-6,17-18H,4,7-15H2,(H,21,24). The highest BCUT2D eigenvalue weighted by atomic mass is 16.5. The van der Waals surface area contributed by atoms with E-state index in [-0.39, 0.29) is 23.8 Å². The van der Waals surface area contributed by atoms with Crippen molar-refractivity contribution in [1.82, 2.24) is 10.2 Å². The molecule has 1 N–H and O–H groups in total. The van der Waals surface area contributed by atoms with Gasteiger partial charge in [0.2, 0.25) is 11.8 Å². The van der Waals surface area contributed by atoms with E-state index < -0.39 is 0 Å². The number of rotatable bonds is 6. The Labute approximate surface area is 149 Å². The molecule has 0 aliphatic carbocycles. The average Bonchev–Trinajstić information content (AvgIpc) is 3.19. The largest absolute Gasteiger partial charge is 0.376 e. The number of nitrogens with one attached hydrogen (secondary N) is 1. The monoisotopic (exact) mass is 344 g/mol. The Hall–Kier alpha value is -1.88. The molecule has 2 aliphatic heterocycles. The van der Waals surface area contributed by atoms with Gasteiger partial charge in [-0.05, 0) is 37.7 Å². The minimum Gasteiger partial charge on any atom is -0.376 e. The number of amides is 2. The van der Waals surface area contributed by atoms with Gasteiger partial charge in [0.05, 0.1) is 6.10 Å². The fourth-order valence-corrected chi connectivity index (χ4v) is 3.61. The molecule has 2 aliphatic rings. The van der Waals surface area contributed by atoms with E-state index in [2.05, 4.69) is 17.4 Å². The third-order valence-electron chi connectivity index (χ3n) is 5.22. The highest BCUT2D eigenvalue weighted by Gasteiger charge is 2.27. The van der Waals surface area contributed by atoms with Crippen LogP contribution in [-0.2, 0) is 20.7 Å². The number of nitrogens with zero attached hydrogens (tertiary/aromatic N) is 1. The van der Waals surface area contributed by atoms with E-state index in [4.69, 9.17) is 4.74 Å². The van der Waals surface area contributed by atoms with Gasteiger partial charge in [-0.1, -0.05) is 30.3 Å². The fourth-order valence-electron chi connectivity index (χ4n) is 3.61. The van der Waals surface area contributed by atoms with E-state index >= 15 is 0 Å². The summed E-state index contributed by atoms with van der Waals surface area (Å²) in [5, 5.41) is 3.02. The molecule has 136 valence electrons. The topological polar surface area (TPSA) is 58.6 Å². The van der Waals surface area contributed by atoms with E-state index in [9.17, 15) is 9.59 Å². The smallest absolute Gasteiger partial charge is 0.223 e. The van der Waals surface area contributed by atoms with Crippen LogP contribution in [0, 0.1) is 5.92 Å². The van der Waals surface area contributed by atoms with E-state index in [1.807, 2.05) is 23.1 Å². The second kappa shape index (κ2) is 8.99. The minimum absolute atomic E-state index is 0.0274. The van der Waals surface area contributed by atoms with Gasteiger partial charge in [-0.25, -0.2) is 0 Å². The van der Waals surface area contributed by atoms with E-state index in [1.54, 1.807) is 0 Å². The number of likely N-dealkylation sites (tertiary alicyclic amines) is 1. The summed E-state index contributed by atoms with van der Waals surface area (Å²) in [6.07, 6.45) is 5.15. The van der Waals surface area contributed by atoms with Crippen molar-refractivity contribution in [3.05, 3.63) is 35.9 Å². The first-order valence-corrected chi connectivity index (χ1v) is 9.43. The number of piperidine rings is 1. The minimum atomic E-state index is 0.0274. The first-order chi connectivity index (χ1) is 12.2. The molecule has 0 aromatic heterocycles. The number of hydrogen-bond donors (Lipinski definition) is 1. The fraction of sp³-hybridized carbons (Fsp3) is 0.600. The van der Waals surface area contributed by atoms with Crippen LogP contribution in [-0.4, -0.2) is 49.1 Å². The number of ether oxygens (including phenoxy) is 1. The van der Waals surface area contributed by atoms with E-state index in [1.165, 1.54) is 5.56 Å². The zero-order valence-corrected chi connectivity index (χ0v) is 14.8. The van der Waals surface area contributed by atoms with Gasteiger partial charge in [0.1, 0.15) is 0 Å². The van der Waals surface area contributed by atoms with Gasteiger partial charge < -0.3 is 15.0 Å². The maximum absolute atomic E-state index is 12.4. The van der Waals surface area contributed by atoms with Crippen LogP contribution >= 0.6 is 0 Å². The third-order valence-corrected chi connectivity index (χ3v) is 5.22. The zero-order chi connectivity index (χ0) is 17.5. The van der Waals surface area contributed by atoms with E-state index in [0.29, 0.717) is 26.1 Å². The van der Waals surface area contributed by atoms with Crippen molar-refractivity contribution < 1.29 is 14.3 Å². The van der Waals surface area contributed by atoms with Gasteiger partial charge >= 0.3 is 0 Å². The molecule has 5 nitrogen and oxygen atoms in total. The number of carbonyl (C=O) groups is 2. The lowest BCUT2D eigenvalue weighted by atomic mass is 9.95. The highest BCUT2D eigenvalue weighted by Crippen LogP contribution is 2.19. The first kappa shape index (κ1) is 17.9. The lowest BCUT2D eigenvalue weighted by molar-refractivity contribution is -0.135. The Morgan fingerprint density at radius 1 is 1.12 bits per heavy atom. The van der Waals surface area contributed by atoms with Gasteiger partial charge in [-0.15, -0.1) is 0 Å². The lowest BCUT2D eigenvalue weighted by Gasteiger charge is -2.31. The zero-order valence-electron chi connectivity index (χ0n) is 14.8. The summed E-state index contributed by atoms with van der Waals surface area (Å²) >= 11 is 0. The summed E-state index contributed by atoms with van der Waals surface area (Å²) in [5.74, 6) is 0.341. The van der Waals surface area contributed by atoms with Gasteiger partial charge in [0.25, 0.3) is 0 Å². The van der Waals surface area contributed by atoms with Crippen LogP contribution < -0.4 is 5.32 Å². The summed E-state index contributed by atoms with van der Waals surface area (Å²) in [5.41, 5.74) is 1.19. The Bertz CT molecular complexity index is 562. The van der Waals surface area contributed by atoms with Crippen LogP contribution in [0.2, 0.25) is 0 Å². The Balaban J connectivity index is 1.35. The van der Waals surface area contributed by atoms with Crippen LogP contribution in [0.15, 0.2) is 30.3 Å². The first-order valence-electron chi connectivity index (χ1n) is 9.43. The number of aryl methyl sites for hydroxylation is 1. The molecule has 5 heteroatoms. The third kappa shape index (κ3) is 5.30. The van der Waals surface area contributed by atoms with Gasteiger partial charge in [0, 0.05) is 38.6 Å². The molecular formula is C20H28N2O3. The van der Waals surface area contributed by atoms with Gasteiger partial charge in [-0.2, -0.15) is 0 Å². The molecule has 1 aromatic rings. The number of hydrogen-bond acceptors (Lipinski definition) is 3. The summed E-state index contributed by atoms with van der Waals surface area (Å²) in [6, 6.07) is 10.1. The average molecular weight is 344 g/mol. The van der Waals surface area contributed by atoms with Gasteiger partial charge in [0.15, 0.2) is 0 Å². The maximum atomic E-state index is 12.4. The molecule has 25 heavy (non-hydrogen) atoms. The van der Waals surface area contributed by atoms with Crippen molar-refractivity contribution in [1.29, 1.82) is 0 Å². The van der Waals surface area contributed by atoms with Crippen LogP contribution in [0.25, 0.3) is 0 Å². The number of benzene rings is 1. The molecule has 0 spiro atoms. The van der Waals surface area contributed by atoms with Crippen LogP contribution in [0.4, 0.5) is 0 Å². The van der Waals surface area contributed by atoms with Crippen molar-refractivity contribution in [2.24, 2.45) is 5.92 Å². The van der Waals surface area contributed by atoms with Crippen LogP contribution in [0.3, 0.4) is 0 Å². The predicted octanol–water partition coefficient (Wildman–Crippen LogP) is 2.15. The molecular weight excluding hydrogens is 316 g/mol. The molecule has 0 bridgehead atoms. The second-order valence-electron chi connectivity index (χ2n) is 7.02. The molecule has 2 heterocycles.